The van der Waals surface area contributed by atoms with Gasteiger partial charge in [-0.2, -0.15) is 0 Å². The number of carbonyl (C=O) groups is 4. The third kappa shape index (κ3) is 6.18. The standard InChI is InChI=1S/C29H34N2O6/c32-25(33)19-31(24-15-14-21-10-4-5-11-23(21)30-26(24)34)28(37)29(16-6-7-17-29)18-22(27(35)36)13-12-20-8-2-1-3-9-20/h1-5,8-11,22,24H,6-7,12-19H2,(H,30,34)(H,32,33)(H,35,36). The van der Waals surface area contributed by atoms with Gasteiger partial charge in [0.1, 0.15) is 12.6 Å². The van der Waals surface area contributed by atoms with Crippen molar-refractivity contribution in [1.29, 1.82) is 0 Å². The van der Waals surface area contributed by atoms with Gasteiger partial charge in [0.2, 0.25) is 11.8 Å². The molecule has 8 nitrogen and oxygen atoms in total. The van der Waals surface area contributed by atoms with Crippen molar-refractivity contribution in [3.05, 3.63) is 65.7 Å². The van der Waals surface area contributed by atoms with E-state index in [-0.39, 0.29) is 6.42 Å². The van der Waals surface area contributed by atoms with Crippen LogP contribution < -0.4 is 5.32 Å². The minimum absolute atomic E-state index is 0.138. The number of nitrogens with one attached hydrogen (secondary N) is 1. The second-order valence-corrected chi connectivity index (χ2v) is 10.3. The Labute approximate surface area is 216 Å². The monoisotopic (exact) mass is 506 g/mol. The van der Waals surface area contributed by atoms with Gasteiger partial charge in [-0.25, -0.2) is 0 Å². The Morgan fingerprint density at radius 3 is 2.35 bits per heavy atom. The molecule has 2 amide bonds. The quantitative estimate of drug-likeness (QED) is 0.445. The minimum atomic E-state index is -1.20. The van der Waals surface area contributed by atoms with Crippen molar-refractivity contribution in [2.24, 2.45) is 11.3 Å². The van der Waals surface area contributed by atoms with Crippen LogP contribution >= 0.6 is 0 Å². The Hall–Kier alpha value is -3.68. The summed E-state index contributed by atoms with van der Waals surface area (Å²) in [5.41, 5.74) is 1.64. The fourth-order valence-electron chi connectivity index (χ4n) is 5.90. The van der Waals surface area contributed by atoms with Crippen molar-refractivity contribution in [3.63, 3.8) is 0 Å². The van der Waals surface area contributed by atoms with Gasteiger partial charge in [0.15, 0.2) is 0 Å². The maximum atomic E-state index is 14.2. The van der Waals surface area contributed by atoms with Crippen molar-refractivity contribution in [2.75, 3.05) is 11.9 Å². The number of carboxylic acid groups (broad SMARTS) is 2. The molecule has 196 valence electrons. The zero-order valence-electron chi connectivity index (χ0n) is 20.9. The van der Waals surface area contributed by atoms with Gasteiger partial charge in [0.25, 0.3) is 0 Å². The SMILES string of the molecule is O=C(O)CN(C(=O)C1(CC(CCc2ccccc2)C(=O)O)CCCC1)C1CCc2ccccc2NC1=O. The predicted molar refractivity (Wildman–Crippen MR) is 138 cm³/mol. The molecule has 1 aliphatic carbocycles. The summed E-state index contributed by atoms with van der Waals surface area (Å²) in [5, 5.41) is 22.6. The maximum absolute atomic E-state index is 14.2. The second-order valence-electron chi connectivity index (χ2n) is 10.3. The van der Waals surface area contributed by atoms with Crippen LogP contribution in [0.5, 0.6) is 0 Å². The van der Waals surface area contributed by atoms with E-state index < -0.39 is 47.7 Å². The van der Waals surface area contributed by atoms with E-state index in [1.54, 1.807) is 6.07 Å². The highest BCUT2D eigenvalue weighted by atomic mass is 16.4. The molecule has 1 fully saturated rings. The predicted octanol–water partition coefficient (Wildman–Crippen LogP) is 4.14. The Balaban J connectivity index is 1.58. The van der Waals surface area contributed by atoms with Crippen molar-refractivity contribution in [1.82, 2.24) is 4.90 Å². The van der Waals surface area contributed by atoms with Crippen molar-refractivity contribution >= 4 is 29.4 Å². The first-order chi connectivity index (χ1) is 17.8. The van der Waals surface area contributed by atoms with Crippen LogP contribution in [-0.4, -0.2) is 51.5 Å². The van der Waals surface area contributed by atoms with E-state index in [0.29, 0.717) is 44.2 Å². The van der Waals surface area contributed by atoms with Crippen molar-refractivity contribution in [2.45, 2.75) is 63.8 Å². The Morgan fingerprint density at radius 1 is 1.00 bits per heavy atom. The number of nitrogens with zero attached hydrogens (tertiary/aromatic N) is 1. The van der Waals surface area contributed by atoms with Crippen LogP contribution in [0.15, 0.2) is 54.6 Å². The van der Waals surface area contributed by atoms with Crippen LogP contribution in [0.2, 0.25) is 0 Å². The molecular weight excluding hydrogens is 472 g/mol. The number of fused-ring (bicyclic) bond motifs is 1. The molecule has 8 heteroatoms. The fraction of sp³-hybridized carbons (Fsp3) is 0.448. The van der Waals surface area contributed by atoms with Gasteiger partial charge in [0.05, 0.1) is 11.3 Å². The van der Waals surface area contributed by atoms with Crippen LogP contribution in [0.3, 0.4) is 0 Å². The topological polar surface area (TPSA) is 124 Å². The lowest BCUT2D eigenvalue weighted by atomic mass is 9.74. The third-order valence-electron chi connectivity index (χ3n) is 7.83. The van der Waals surface area contributed by atoms with E-state index in [0.717, 1.165) is 24.0 Å². The van der Waals surface area contributed by atoms with Crippen molar-refractivity contribution < 1.29 is 29.4 Å². The molecule has 0 spiro atoms. The second kappa shape index (κ2) is 11.6. The van der Waals surface area contributed by atoms with Gasteiger partial charge in [0, 0.05) is 5.69 Å². The molecule has 0 bridgehead atoms. The van der Waals surface area contributed by atoms with E-state index in [2.05, 4.69) is 5.32 Å². The molecule has 2 atom stereocenters. The summed E-state index contributed by atoms with van der Waals surface area (Å²) in [5.74, 6) is -3.73. The Bertz CT molecular complexity index is 1140. The van der Waals surface area contributed by atoms with E-state index in [4.69, 9.17) is 0 Å². The Kier molecular flexibility index (Phi) is 8.26. The first-order valence-electron chi connectivity index (χ1n) is 13.0. The molecule has 2 unspecified atom stereocenters. The summed E-state index contributed by atoms with van der Waals surface area (Å²) >= 11 is 0. The van der Waals surface area contributed by atoms with Gasteiger partial charge in [-0.15, -0.1) is 0 Å². The lowest BCUT2D eigenvalue weighted by Crippen LogP contribution is -2.54. The molecule has 3 N–H and O–H groups in total. The summed E-state index contributed by atoms with van der Waals surface area (Å²) in [6, 6.07) is 16.1. The molecule has 2 aromatic carbocycles. The largest absolute Gasteiger partial charge is 0.481 e. The number of hydrogen-bond donors (Lipinski definition) is 3. The molecule has 37 heavy (non-hydrogen) atoms. The van der Waals surface area contributed by atoms with Gasteiger partial charge in [-0.1, -0.05) is 61.4 Å². The highest BCUT2D eigenvalue weighted by Crippen LogP contribution is 2.46. The number of rotatable bonds is 10. The lowest BCUT2D eigenvalue weighted by Gasteiger charge is -2.38. The number of anilines is 1. The minimum Gasteiger partial charge on any atom is -0.481 e. The van der Waals surface area contributed by atoms with Gasteiger partial charge in [-0.3, -0.25) is 19.2 Å². The molecule has 0 saturated heterocycles. The third-order valence-corrected chi connectivity index (χ3v) is 7.83. The summed E-state index contributed by atoms with van der Waals surface area (Å²) in [6.07, 6.45) is 4.42. The number of benzene rings is 2. The molecule has 0 radical (unpaired) electrons. The lowest BCUT2D eigenvalue weighted by molar-refractivity contribution is -0.156. The van der Waals surface area contributed by atoms with E-state index in [1.807, 2.05) is 48.5 Å². The highest BCUT2D eigenvalue weighted by Gasteiger charge is 2.48. The number of carboxylic acids is 2. The van der Waals surface area contributed by atoms with E-state index >= 15 is 0 Å². The van der Waals surface area contributed by atoms with E-state index in [1.165, 1.54) is 4.90 Å². The van der Waals surface area contributed by atoms with Crippen LogP contribution in [0.4, 0.5) is 5.69 Å². The molecule has 4 rings (SSSR count). The zero-order valence-corrected chi connectivity index (χ0v) is 20.9. The van der Waals surface area contributed by atoms with Gasteiger partial charge in [-0.05, 0) is 62.1 Å². The van der Waals surface area contributed by atoms with Crippen molar-refractivity contribution in [3.8, 4) is 0 Å². The van der Waals surface area contributed by atoms with Crippen LogP contribution in [0.25, 0.3) is 0 Å². The van der Waals surface area contributed by atoms with E-state index in [9.17, 15) is 29.4 Å². The molecule has 1 heterocycles. The fourth-order valence-corrected chi connectivity index (χ4v) is 5.90. The molecular formula is C29H34N2O6. The molecule has 0 aromatic heterocycles. The molecule has 1 saturated carbocycles. The van der Waals surface area contributed by atoms with Crippen LogP contribution in [0, 0.1) is 11.3 Å². The Morgan fingerprint density at radius 2 is 1.68 bits per heavy atom. The maximum Gasteiger partial charge on any atom is 0.323 e. The summed E-state index contributed by atoms with van der Waals surface area (Å²) < 4.78 is 0. The number of carbonyl (C=O) groups excluding carboxylic acids is 2. The van der Waals surface area contributed by atoms with Gasteiger partial charge >= 0.3 is 11.9 Å². The highest BCUT2D eigenvalue weighted by molar-refractivity contribution is 6.00. The number of amides is 2. The summed E-state index contributed by atoms with van der Waals surface area (Å²) in [7, 11) is 0. The number of para-hydroxylation sites is 1. The van der Waals surface area contributed by atoms with Crippen LogP contribution in [-0.2, 0) is 32.0 Å². The molecule has 2 aromatic rings. The smallest absolute Gasteiger partial charge is 0.323 e. The normalized spacial score (nSPS) is 19.2. The average molecular weight is 507 g/mol. The number of aliphatic carboxylic acids is 2. The number of aryl methyl sites for hydroxylation is 2. The van der Waals surface area contributed by atoms with Crippen LogP contribution in [0.1, 0.15) is 56.1 Å². The molecule has 2 aliphatic rings. The first-order valence-corrected chi connectivity index (χ1v) is 13.0. The number of hydrogen-bond acceptors (Lipinski definition) is 4. The average Bonchev–Trinajstić information content (AvgIpc) is 3.29. The zero-order chi connectivity index (χ0) is 26.4. The summed E-state index contributed by atoms with van der Waals surface area (Å²) in [4.78, 5) is 52.7. The van der Waals surface area contributed by atoms with Gasteiger partial charge < -0.3 is 20.4 Å². The molecule has 1 aliphatic heterocycles. The first kappa shape index (κ1) is 26.4. The summed E-state index contributed by atoms with van der Waals surface area (Å²) in [6.45, 7) is -0.600.